The van der Waals surface area contributed by atoms with Crippen LogP contribution in [0.4, 0.5) is 0 Å². The van der Waals surface area contributed by atoms with Gasteiger partial charge in [-0.3, -0.25) is 25.2 Å². The molecule has 0 atom stereocenters. The highest BCUT2D eigenvalue weighted by Crippen LogP contribution is 1.91. The van der Waals surface area contributed by atoms with Crippen molar-refractivity contribution in [3.8, 4) is 0 Å². The normalized spacial score (nSPS) is 10.0. The van der Waals surface area contributed by atoms with Gasteiger partial charge in [-0.2, -0.15) is 0 Å². The molecule has 0 aliphatic carbocycles. The molecule has 0 radical (unpaired) electrons. The Morgan fingerprint density at radius 3 is 2.06 bits per heavy atom. The lowest BCUT2D eigenvalue weighted by Gasteiger charge is -2.13. The number of hydrogen-bond acceptors (Lipinski definition) is 5. The number of rotatable bonds is 7. The van der Waals surface area contributed by atoms with Crippen molar-refractivity contribution < 1.29 is 23.9 Å². The maximum absolute atomic E-state index is 11.3. The lowest BCUT2D eigenvalue weighted by Crippen LogP contribution is -2.41. The van der Waals surface area contributed by atoms with Crippen molar-refractivity contribution in [2.45, 2.75) is 26.1 Å². The molecule has 3 amide bonds. The van der Waals surface area contributed by atoms with Crippen LogP contribution in [0.5, 0.6) is 0 Å². The van der Waals surface area contributed by atoms with Crippen LogP contribution < -0.4 is 16.2 Å². The number of hydrazine groups is 1. The van der Waals surface area contributed by atoms with E-state index in [1.54, 1.807) is 0 Å². The number of nitrogens with one attached hydrogen (secondary N) is 3. The molecule has 0 fully saturated rings. The molecule has 8 nitrogen and oxygen atoms in total. The van der Waals surface area contributed by atoms with Crippen LogP contribution in [0.25, 0.3) is 0 Å². The van der Waals surface area contributed by atoms with Gasteiger partial charge in [0.25, 0.3) is 0 Å². The molecule has 0 saturated carbocycles. The molecule has 0 aromatic carbocycles. The first kappa shape index (κ1) is 16.3. The van der Waals surface area contributed by atoms with Crippen molar-refractivity contribution in [2.75, 3.05) is 20.8 Å². The molecular formula is C10H19N3O5. The third-order valence-corrected chi connectivity index (χ3v) is 1.95. The fourth-order valence-corrected chi connectivity index (χ4v) is 0.996. The minimum Gasteiger partial charge on any atom is -0.354 e. The maximum atomic E-state index is 11.3. The van der Waals surface area contributed by atoms with Crippen molar-refractivity contribution in [1.82, 2.24) is 16.2 Å². The highest BCUT2D eigenvalue weighted by atomic mass is 16.7. The molecule has 0 bridgehead atoms. The molecule has 0 aliphatic rings. The molecule has 0 saturated heterocycles. The van der Waals surface area contributed by atoms with E-state index in [0.717, 1.165) is 0 Å². The van der Waals surface area contributed by atoms with Crippen LogP contribution in [-0.2, 0) is 23.9 Å². The molecule has 104 valence electrons. The third kappa shape index (κ3) is 8.48. The maximum Gasteiger partial charge on any atom is 0.238 e. The van der Waals surface area contributed by atoms with Crippen molar-refractivity contribution >= 4 is 17.7 Å². The summed E-state index contributed by atoms with van der Waals surface area (Å²) in [6, 6.07) is 0. The summed E-state index contributed by atoms with van der Waals surface area (Å²) < 4.78 is 9.75. The highest BCUT2D eigenvalue weighted by molar-refractivity contribution is 5.85. The van der Waals surface area contributed by atoms with Gasteiger partial charge in [-0.15, -0.1) is 0 Å². The van der Waals surface area contributed by atoms with E-state index in [0.29, 0.717) is 0 Å². The minimum atomic E-state index is -0.512. The van der Waals surface area contributed by atoms with Crippen LogP contribution in [0, 0.1) is 0 Å². The second-order valence-electron chi connectivity index (χ2n) is 3.43. The number of hydrogen-bond donors (Lipinski definition) is 3. The molecule has 0 unspecified atom stereocenters. The molecule has 0 rings (SSSR count). The number of ether oxygens (including phenoxy) is 2. The quantitative estimate of drug-likeness (QED) is 0.389. The molecule has 0 aliphatic heterocycles. The van der Waals surface area contributed by atoms with Gasteiger partial charge in [-0.05, 0) is 0 Å². The van der Waals surface area contributed by atoms with E-state index in [-0.39, 0.29) is 31.2 Å². The van der Waals surface area contributed by atoms with E-state index in [9.17, 15) is 14.4 Å². The van der Waals surface area contributed by atoms with Crippen LogP contribution in [0.1, 0.15) is 19.8 Å². The van der Waals surface area contributed by atoms with Crippen molar-refractivity contribution in [2.24, 2.45) is 0 Å². The lowest BCUT2D eigenvalue weighted by molar-refractivity contribution is -0.131. The first-order valence-electron chi connectivity index (χ1n) is 5.37. The van der Waals surface area contributed by atoms with Gasteiger partial charge in [0, 0.05) is 34.0 Å². The Balaban J connectivity index is 3.69. The molecule has 0 heterocycles. The topological polar surface area (TPSA) is 106 Å². The van der Waals surface area contributed by atoms with Gasteiger partial charge >= 0.3 is 0 Å². The summed E-state index contributed by atoms with van der Waals surface area (Å²) in [4.78, 5) is 33.0. The van der Waals surface area contributed by atoms with E-state index in [4.69, 9.17) is 9.47 Å². The standard InChI is InChI=1S/C10H19N3O5/c1-7(14)12-13-9(16)5-4-8(15)11-6-10(17-2)18-3/h10H,4-6H2,1-3H3,(H,11,15)(H,12,14)(H,13,16). The van der Waals surface area contributed by atoms with Crippen LogP contribution in [0.2, 0.25) is 0 Å². The van der Waals surface area contributed by atoms with Crippen LogP contribution in [0.15, 0.2) is 0 Å². The van der Waals surface area contributed by atoms with Gasteiger partial charge in [0.05, 0.1) is 6.54 Å². The van der Waals surface area contributed by atoms with Crippen molar-refractivity contribution in [3.63, 3.8) is 0 Å². The predicted molar refractivity (Wildman–Crippen MR) is 62.0 cm³/mol. The van der Waals surface area contributed by atoms with Crippen LogP contribution >= 0.6 is 0 Å². The summed E-state index contributed by atoms with van der Waals surface area (Å²) in [7, 11) is 2.92. The smallest absolute Gasteiger partial charge is 0.238 e. The van der Waals surface area contributed by atoms with Gasteiger partial charge in [-0.1, -0.05) is 0 Å². The molecule has 0 aromatic rings. The Kier molecular flexibility index (Phi) is 8.50. The Morgan fingerprint density at radius 2 is 1.56 bits per heavy atom. The zero-order valence-electron chi connectivity index (χ0n) is 10.7. The molecule has 0 spiro atoms. The summed E-state index contributed by atoms with van der Waals surface area (Å²) in [5.74, 6) is -1.11. The first-order chi connectivity index (χ1) is 8.49. The van der Waals surface area contributed by atoms with Gasteiger partial charge in [0.2, 0.25) is 17.7 Å². The zero-order chi connectivity index (χ0) is 14.0. The first-order valence-corrected chi connectivity index (χ1v) is 5.37. The fourth-order valence-electron chi connectivity index (χ4n) is 0.996. The predicted octanol–water partition coefficient (Wildman–Crippen LogP) is -1.33. The largest absolute Gasteiger partial charge is 0.354 e. The highest BCUT2D eigenvalue weighted by Gasteiger charge is 2.09. The molecular weight excluding hydrogens is 242 g/mol. The Hall–Kier alpha value is -1.67. The van der Waals surface area contributed by atoms with Crippen molar-refractivity contribution in [3.05, 3.63) is 0 Å². The van der Waals surface area contributed by atoms with E-state index in [2.05, 4.69) is 16.2 Å². The van der Waals surface area contributed by atoms with E-state index < -0.39 is 12.2 Å². The lowest BCUT2D eigenvalue weighted by atomic mass is 10.3. The summed E-state index contributed by atoms with van der Waals surface area (Å²) in [6.07, 6.45) is -0.510. The molecule has 0 aromatic heterocycles. The summed E-state index contributed by atoms with van der Waals surface area (Å²) in [5, 5.41) is 2.55. The van der Waals surface area contributed by atoms with Gasteiger partial charge in [0.15, 0.2) is 6.29 Å². The molecule has 3 N–H and O–H groups in total. The third-order valence-electron chi connectivity index (χ3n) is 1.95. The number of carbonyl (C=O) groups is 3. The van der Waals surface area contributed by atoms with Gasteiger partial charge in [0.1, 0.15) is 0 Å². The molecule has 18 heavy (non-hydrogen) atoms. The second-order valence-corrected chi connectivity index (χ2v) is 3.43. The minimum absolute atomic E-state index is 0.0171. The Bertz CT molecular complexity index is 291. The monoisotopic (exact) mass is 261 g/mol. The number of carbonyl (C=O) groups excluding carboxylic acids is 3. The van der Waals surface area contributed by atoms with Gasteiger partial charge in [-0.25, -0.2) is 0 Å². The van der Waals surface area contributed by atoms with E-state index >= 15 is 0 Å². The summed E-state index contributed by atoms with van der Waals surface area (Å²) in [5.41, 5.74) is 4.28. The molecule has 8 heteroatoms. The Labute approximate surface area is 105 Å². The number of amides is 3. The summed E-state index contributed by atoms with van der Waals surface area (Å²) in [6.45, 7) is 1.47. The van der Waals surface area contributed by atoms with Crippen molar-refractivity contribution in [1.29, 1.82) is 0 Å². The summed E-state index contributed by atoms with van der Waals surface area (Å²) >= 11 is 0. The SMILES string of the molecule is COC(CNC(=O)CCC(=O)NNC(C)=O)OC. The van der Waals surface area contributed by atoms with Crippen LogP contribution in [-0.4, -0.2) is 44.8 Å². The second kappa shape index (κ2) is 9.37. The average Bonchev–Trinajstić information content (AvgIpc) is 2.35. The number of methoxy groups -OCH3 is 2. The van der Waals surface area contributed by atoms with Gasteiger partial charge < -0.3 is 14.8 Å². The average molecular weight is 261 g/mol. The zero-order valence-corrected chi connectivity index (χ0v) is 10.7. The fraction of sp³-hybridized carbons (Fsp3) is 0.700. The van der Waals surface area contributed by atoms with E-state index in [1.165, 1.54) is 21.1 Å². The van der Waals surface area contributed by atoms with Crippen LogP contribution in [0.3, 0.4) is 0 Å². The van der Waals surface area contributed by atoms with E-state index in [1.807, 2.05) is 0 Å². The Morgan fingerprint density at radius 1 is 1.00 bits per heavy atom.